The molecule has 3 aromatic rings. The number of nitro groups is 1. The van der Waals surface area contributed by atoms with Crippen molar-refractivity contribution in [3.05, 3.63) is 92.3 Å². The zero-order valence-corrected chi connectivity index (χ0v) is 19.5. The molecule has 4 rings (SSSR count). The molecule has 1 saturated heterocycles. The van der Waals surface area contributed by atoms with E-state index in [2.05, 4.69) is 0 Å². The average Bonchev–Trinajstić information content (AvgIpc) is 3.44. The lowest BCUT2D eigenvalue weighted by atomic mass is 10.1. The number of furan rings is 1. The van der Waals surface area contributed by atoms with Gasteiger partial charge in [-0.2, -0.15) is 0 Å². The van der Waals surface area contributed by atoms with Gasteiger partial charge in [0.2, 0.25) is 5.76 Å². The number of carbonyl (C=O) groups excluding carboxylic acids is 2. The number of hydrogen-bond acceptors (Lipinski definition) is 9. The van der Waals surface area contributed by atoms with Crippen LogP contribution in [0.25, 0.3) is 6.08 Å². The van der Waals surface area contributed by atoms with Gasteiger partial charge in [-0.3, -0.25) is 24.6 Å². The Balaban J connectivity index is 1.45. The number of non-ortho nitro benzene ring substituents is 1. The Morgan fingerprint density at radius 3 is 2.53 bits per heavy atom. The highest BCUT2D eigenvalue weighted by Gasteiger charge is 2.35. The number of carbonyl (C=O) groups is 3. The maximum Gasteiger partial charge on any atom is 0.371 e. The van der Waals surface area contributed by atoms with E-state index < -0.39 is 22.0 Å². The van der Waals surface area contributed by atoms with Crippen LogP contribution in [0.4, 0.5) is 10.5 Å². The Hall–Kier alpha value is -4.58. The molecule has 0 unspecified atom stereocenters. The molecule has 184 valence electrons. The zero-order valence-electron chi connectivity index (χ0n) is 18.7. The number of methoxy groups -OCH3 is 1. The third kappa shape index (κ3) is 5.39. The number of nitro benzene ring substituents is 1. The number of carboxylic acid groups (broad SMARTS) is 1. The summed E-state index contributed by atoms with van der Waals surface area (Å²) in [4.78, 5) is 47.8. The summed E-state index contributed by atoms with van der Waals surface area (Å²) in [6, 6.07) is 13.4. The summed E-state index contributed by atoms with van der Waals surface area (Å²) in [6.45, 7) is -0.0308. The molecule has 1 N–H and O–H groups in total. The van der Waals surface area contributed by atoms with E-state index in [0.29, 0.717) is 28.4 Å². The fourth-order valence-electron chi connectivity index (χ4n) is 3.31. The van der Waals surface area contributed by atoms with Gasteiger partial charge in [0.1, 0.15) is 12.4 Å². The summed E-state index contributed by atoms with van der Waals surface area (Å²) < 4.78 is 16.2. The van der Waals surface area contributed by atoms with Gasteiger partial charge in [-0.1, -0.05) is 18.2 Å². The number of amides is 2. The molecule has 1 aliphatic heterocycles. The summed E-state index contributed by atoms with van der Waals surface area (Å²) >= 11 is 0.792. The molecule has 1 fully saturated rings. The molecule has 2 aromatic carbocycles. The number of hydrogen-bond donors (Lipinski definition) is 1. The van der Waals surface area contributed by atoms with E-state index in [9.17, 15) is 24.5 Å². The highest BCUT2D eigenvalue weighted by Crippen LogP contribution is 2.35. The second kappa shape index (κ2) is 10.4. The number of thioether (sulfide) groups is 1. The maximum atomic E-state index is 12.8. The molecule has 36 heavy (non-hydrogen) atoms. The molecule has 12 heteroatoms. The van der Waals surface area contributed by atoms with Gasteiger partial charge in [0.25, 0.3) is 16.8 Å². The number of rotatable bonds is 9. The van der Waals surface area contributed by atoms with Crippen molar-refractivity contribution in [3.63, 3.8) is 0 Å². The average molecular weight is 510 g/mol. The predicted molar refractivity (Wildman–Crippen MR) is 128 cm³/mol. The minimum absolute atomic E-state index is 0.00747. The summed E-state index contributed by atoms with van der Waals surface area (Å²) in [5.74, 6) is -0.804. The molecule has 2 amide bonds. The van der Waals surface area contributed by atoms with Crippen molar-refractivity contribution in [2.45, 2.75) is 13.2 Å². The lowest BCUT2D eigenvalue weighted by Crippen LogP contribution is -2.27. The lowest BCUT2D eigenvalue weighted by Gasteiger charge is -2.12. The number of ether oxygens (including phenoxy) is 2. The van der Waals surface area contributed by atoms with Crippen molar-refractivity contribution < 1.29 is 38.3 Å². The Morgan fingerprint density at radius 1 is 1.14 bits per heavy atom. The van der Waals surface area contributed by atoms with Crippen molar-refractivity contribution in [2.24, 2.45) is 0 Å². The Bertz CT molecular complexity index is 1380. The molecule has 1 aromatic heterocycles. The van der Waals surface area contributed by atoms with Gasteiger partial charge in [-0.05, 0) is 53.2 Å². The standard InChI is InChI=1S/C24H18N2O9S/c1-33-20-10-15(4-8-18(20)34-13-17-7-9-19(35-17)23(28)29)11-21-22(27)25(24(30)36-21)12-14-2-5-16(6-3-14)26(31)32/h2-11H,12-13H2,1H3,(H,28,29)/b21-11-. The molecule has 0 spiro atoms. The van der Waals surface area contributed by atoms with Crippen LogP contribution in [0.1, 0.15) is 27.4 Å². The third-order valence-corrected chi connectivity index (χ3v) is 6.00. The van der Waals surface area contributed by atoms with Gasteiger partial charge in [-0.15, -0.1) is 0 Å². The van der Waals surface area contributed by atoms with Gasteiger partial charge in [-0.25, -0.2) is 4.79 Å². The van der Waals surface area contributed by atoms with Gasteiger partial charge in [0.05, 0.1) is 23.5 Å². The van der Waals surface area contributed by atoms with Crippen LogP contribution in [-0.4, -0.2) is 39.2 Å². The minimum Gasteiger partial charge on any atom is -0.493 e. The lowest BCUT2D eigenvalue weighted by molar-refractivity contribution is -0.384. The minimum atomic E-state index is -1.18. The molecule has 2 heterocycles. The first-order valence-corrected chi connectivity index (χ1v) is 11.2. The Morgan fingerprint density at radius 2 is 1.89 bits per heavy atom. The molecule has 0 aliphatic carbocycles. The summed E-state index contributed by atoms with van der Waals surface area (Å²) in [5.41, 5.74) is 1.09. The number of aromatic carboxylic acids is 1. The van der Waals surface area contributed by atoms with Crippen LogP contribution in [0.5, 0.6) is 11.5 Å². The molecule has 1 aliphatic rings. The summed E-state index contributed by atoms with van der Waals surface area (Å²) in [7, 11) is 1.44. The molecule has 0 atom stereocenters. The van der Waals surface area contributed by atoms with E-state index in [-0.39, 0.29) is 29.5 Å². The van der Waals surface area contributed by atoms with Crippen molar-refractivity contribution >= 4 is 40.6 Å². The van der Waals surface area contributed by atoms with Crippen LogP contribution < -0.4 is 9.47 Å². The molecule has 0 bridgehead atoms. The van der Waals surface area contributed by atoms with E-state index >= 15 is 0 Å². The topological polar surface area (TPSA) is 149 Å². The normalized spacial score (nSPS) is 14.4. The number of carboxylic acids is 1. The quantitative estimate of drug-likeness (QED) is 0.243. The van der Waals surface area contributed by atoms with Crippen molar-refractivity contribution in [2.75, 3.05) is 7.11 Å². The number of imide groups is 1. The third-order valence-electron chi connectivity index (χ3n) is 5.09. The number of benzene rings is 2. The van der Waals surface area contributed by atoms with E-state index in [0.717, 1.165) is 16.7 Å². The first-order chi connectivity index (χ1) is 17.2. The summed E-state index contributed by atoms with van der Waals surface area (Å²) in [5, 5.41) is 19.3. The second-order valence-corrected chi connectivity index (χ2v) is 8.45. The fraction of sp³-hybridized carbons (Fsp3) is 0.125. The highest BCUT2D eigenvalue weighted by molar-refractivity contribution is 8.18. The molecular formula is C24H18N2O9S. The van der Waals surface area contributed by atoms with E-state index in [4.69, 9.17) is 19.0 Å². The van der Waals surface area contributed by atoms with E-state index in [1.54, 1.807) is 24.3 Å². The van der Waals surface area contributed by atoms with Crippen LogP contribution in [0.2, 0.25) is 0 Å². The maximum absolute atomic E-state index is 12.8. The van der Waals surface area contributed by atoms with Gasteiger partial charge < -0.3 is 19.0 Å². The molecule has 0 radical (unpaired) electrons. The van der Waals surface area contributed by atoms with Crippen LogP contribution in [0, 0.1) is 10.1 Å². The second-order valence-electron chi connectivity index (χ2n) is 7.46. The van der Waals surface area contributed by atoms with Crippen LogP contribution in [0.15, 0.2) is 63.9 Å². The van der Waals surface area contributed by atoms with E-state index in [1.165, 1.54) is 43.5 Å². The smallest absolute Gasteiger partial charge is 0.371 e. The number of nitrogens with zero attached hydrogens (tertiary/aromatic N) is 2. The molecule has 0 saturated carbocycles. The van der Waals surface area contributed by atoms with Crippen LogP contribution in [0.3, 0.4) is 0 Å². The molecule has 11 nitrogen and oxygen atoms in total. The predicted octanol–water partition coefficient (Wildman–Crippen LogP) is 4.71. The van der Waals surface area contributed by atoms with Gasteiger partial charge in [0, 0.05) is 12.1 Å². The Kier molecular flexibility index (Phi) is 7.06. The van der Waals surface area contributed by atoms with Crippen molar-refractivity contribution in [1.82, 2.24) is 4.90 Å². The molecular weight excluding hydrogens is 492 g/mol. The van der Waals surface area contributed by atoms with Crippen LogP contribution >= 0.6 is 11.8 Å². The SMILES string of the molecule is COc1cc(/C=C2\SC(=O)N(Cc3ccc([N+](=O)[O-])cc3)C2=O)ccc1OCc1ccc(C(=O)O)o1. The van der Waals surface area contributed by atoms with E-state index in [1.807, 2.05) is 0 Å². The fourth-order valence-corrected chi connectivity index (χ4v) is 4.14. The Labute approximate surface area is 208 Å². The van der Waals surface area contributed by atoms with Gasteiger partial charge >= 0.3 is 5.97 Å². The first-order valence-electron chi connectivity index (χ1n) is 10.4. The largest absolute Gasteiger partial charge is 0.493 e. The zero-order chi connectivity index (χ0) is 25.8. The highest BCUT2D eigenvalue weighted by atomic mass is 32.2. The first kappa shape index (κ1) is 24.5. The van der Waals surface area contributed by atoms with Crippen LogP contribution in [-0.2, 0) is 17.9 Å². The van der Waals surface area contributed by atoms with Crippen molar-refractivity contribution in [1.29, 1.82) is 0 Å². The monoisotopic (exact) mass is 510 g/mol. The van der Waals surface area contributed by atoms with Gasteiger partial charge in [0.15, 0.2) is 11.5 Å². The van der Waals surface area contributed by atoms with Crippen molar-refractivity contribution in [3.8, 4) is 11.5 Å². The summed E-state index contributed by atoms with van der Waals surface area (Å²) in [6.07, 6.45) is 1.55.